The van der Waals surface area contributed by atoms with Gasteiger partial charge < -0.3 is 5.11 Å². The second-order valence-corrected chi connectivity index (χ2v) is 3.40. The van der Waals surface area contributed by atoms with Crippen LogP contribution in [0, 0.1) is 6.92 Å². The van der Waals surface area contributed by atoms with Crippen molar-refractivity contribution < 1.29 is 9.90 Å². The summed E-state index contributed by atoms with van der Waals surface area (Å²) in [7, 11) is 0. The molecule has 0 aliphatic heterocycles. The van der Waals surface area contributed by atoms with Gasteiger partial charge in [-0.05, 0) is 6.92 Å². The minimum Gasteiger partial charge on any atom is -0.480 e. The van der Waals surface area contributed by atoms with Crippen LogP contribution in [0.5, 0.6) is 0 Å². The molecule has 5 nitrogen and oxygen atoms in total. The quantitative estimate of drug-likeness (QED) is 0.842. The highest BCUT2D eigenvalue weighted by Gasteiger charge is 2.11. The summed E-state index contributed by atoms with van der Waals surface area (Å²) >= 11 is 0. The average Bonchev–Trinajstić information content (AvgIpc) is 2.60. The second kappa shape index (κ2) is 4.14. The molecule has 0 saturated heterocycles. The maximum atomic E-state index is 10.7. The molecular formula is C11H11N3O2. The maximum Gasteiger partial charge on any atom is 0.325 e. The number of aliphatic carboxylic acids is 1. The molecule has 82 valence electrons. The highest BCUT2D eigenvalue weighted by Crippen LogP contribution is 2.16. The Hall–Kier alpha value is -2.17. The monoisotopic (exact) mass is 217 g/mol. The van der Waals surface area contributed by atoms with Crippen molar-refractivity contribution in [2.24, 2.45) is 0 Å². The molecule has 0 radical (unpaired) electrons. The smallest absolute Gasteiger partial charge is 0.325 e. The van der Waals surface area contributed by atoms with Gasteiger partial charge in [0.25, 0.3) is 0 Å². The van der Waals surface area contributed by atoms with Gasteiger partial charge in [-0.25, -0.2) is 9.67 Å². The number of carbonyl (C=O) groups is 1. The lowest BCUT2D eigenvalue weighted by molar-refractivity contribution is -0.137. The predicted octanol–water partition coefficient (Wildman–Crippen LogP) is 1.34. The van der Waals surface area contributed by atoms with E-state index in [1.54, 1.807) is 6.92 Å². The van der Waals surface area contributed by atoms with Gasteiger partial charge in [-0.1, -0.05) is 30.3 Å². The zero-order chi connectivity index (χ0) is 11.5. The van der Waals surface area contributed by atoms with Gasteiger partial charge >= 0.3 is 5.97 Å². The Labute approximate surface area is 92.4 Å². The van der Waals surface area contributed by atoms with Crippen molar-refractivity contribution >= 4 is 5.97 Å². The molecule has 0 fully saturated rings. The Morgan fingerprint density at radius 3 is 2.69 bits per heavy atom. The van der Waals surface area contributed by atoms with Gasteiger partial charge in [0.15, 0.2) is 5.82 Å². The van der Waals surface area contributed by atoms with Crippen LogP contribution in [-0.2, 0) is 11.3 Å². The third kappa shape index (κ3) is 2.08. The van der Waals surface area contributed by atoms with E-state index in [1.807, 2.05) is 30.3 Å². The number of hydrogen-bond acceptors (Lipinski definition) is 3. The molecule has 0 saturated carbocycles. The Morgan fingerprint density at radius 2 is 2.06 bits per heavy atom. The second-order valence-electron chi connectivity index (χ2n) is 3.40. The first-order valence-corrected chi connectivity index (χ1v) is 4.85. The molecule has 0 aliphatic rings. The van der Waals surface area contributed by atoms with Gasteiger partial charge in [0.2, 0.25) is 0 Å². The normalized spacial score (nSPS) is 10.3. The number of carboxylic acid groups (broad SMARTS) is 1. The molecule has 1 aromatic heterocycles. The van der Waals surface area contributed by atoms with E-state index >= 15 is 0 Å². The summed E-state index contributed by atoms with van der Waals surface area (Å²) in [6, 6.07) is 9.41. The Morgan fingerprint density at radius 1 is 1.38 bits per heavy atom. The minimum atomic E-state index is -0.929. The number of aryl methyl sites for hydroxylation is 1. The highest BCUT2D eigenvalue weighted by molar-refractivity contribution is 5.67. The summed E-state index contributed by atoms with van der Waals surface area (Å²) in [6.07, 6.45) is 0. The minimum absolute atomic E-state index is 0.176. The lowest BCUT2D eigenvalue weighted by atomic mass is 10.2. The third-order valence-electron chi connectivity index (χ3n) is 2.09. The fraction of sp³-hybridized carbons (Fsp3) is 0.182. The molecule has 0 bridgehead atoms. The molecule has 0 unspecified atom stereocenters. The maximum absolute atomic E-state index is 10.7. The van der Waals surface area contributed by atoms with Crippen LogP contribution in [0.1, 0.15) is 5.82 Å². The van der Waals surface area contributed by atoms with Crippen LogP contribution >= 0.6 is 0 Å². The molecule has 0 atom stereocenters. The van der Waals surface area contributed by atoms with Gasteiger partial charge in [-0.2, -0.15) is 5.10 Å². The Kier molecular flexibility index (Phi) is 2.68. The molecule has 0 aliphatic carbocycles. The molecule has 1 heterocycles. The summed E-state index contributed by atoms with van der Waals surface area (Å²) in [5.74, 6) is 0.225. The van der Waals surface area contributed by atoms with E-state index in [1.165, 1.54) is 4.68 Å². The Bertz CT molecular complexity index is 505. The lowest BCUT2D eigenvalue weighted by Crippen LogP contribution is -2.11. The Balaban J connectivity index is 2.44. The van der Waals surface area contributed by atoms with Gasteiger partial charge in [0, 0.05) is 5.56 Å². The van der Waals surface area contributed by atoms with Crippen LogP contribution in [0.4, 0.5) is 0 Å². The summed E-state index contributed by atoms with van der Waals surface area (Å²) in [4.78, 5) is 14.9. The summed E-state index contributed by atoms with van der Waals surface area (Å²) < 4.78 is 1.40. The van der Waals surface area contributed by atoms with E-state index in [-0.39, 0.29) is 6.54 Å². The number of benzene rings is 1. The van der Waals surface area contributed by atoms with E-state index in [4.69, 9.17) is 5.11 Å². The third-order valence-corrected chi connectivity index (χ3v) is 2.09. The number of carboxylic acids is 1. The molecule has 2 aromatic rings. The van der Waals surface area contributed by atoms with Crippen molar-refractivity contribution in [2.75, 3.05) is 0 Å². The van der Waals surface area contributed by atoms with Crippen molar-refractivity contribution in [2.45, 2.75) is 13.5 Å². The van der Waals surface area contributed by atoms with Crippen LogP contribution in [-0.4, -0.2) is 25.8 Å². The number of rotatable bonds is 3. The van der Waals surface area contributed by atoms with E-state index in [0.29, 0.717) is 11.6 Å². The largest absolute Gasteiger partial charge is 0.480 e. The predicted molar refractivity (Wildman–Crippen MR) is 57.8 cm³/mol. The average molecular weight is 217 g/mol. The molecule has 2 rings (SSSR count). The van der Waals surface area contributed by atoms with Crippen molar-refractivity contribution in [1.82, 2.24) is 14.8 Å². The highest BCUT2D eigenvalue weighted by atomic mass is 16.4. The molecule has 1 aromatic carbocycles. The van der Waals surface area contributed by atoms with Crippen molar-refractivity contribution in [1.29, 1.82) is 0 Å². The van der Waals surface area contributed by atoms with E-state index in [9.17, 15) is 4.79 Å². The fourth-order valence-electron chi connectivity index (χ4n) is 1.49. The fourth-order valence-corrected chi connectivity index (χ4v) is 1.49. The molecule has 0 spiro atoms. The van der Waals surface area contributed by atoms with Gasteiger partial charge in [-0.15, -0.1) is 0 Å². The number of nitrogens with zero attached hydrogens (tertiary/aromatic N) is 3. The first-order chi connectivity index (χ1) is 7.66. The first kappa shape index (κ1) is 10.4. The van der Waals surface area contributed by atoms with E-state index < -0.39 is 5.97 Å². The van der Waals surface area contributed by atoms with Crippen LogP contribution < -0.4 is 0 Å². The summed E-state index contributed by atoms with van der Waals surface area (Å²) in [5.41, 5.74) is 0.865. The number of aromatic nitrogens is 3. The van der Waals surface area contributed by atoms with Crippen LogP contribution in [0.2, 0.25) is 0 Å². The van der Waals surface area contributed by atoms with Gasteiger partial charge in [0.05, 0.1) is 0 Å². The van der Waals surface area contributed by atoms with E-state index in [2.05, 4.69) is 10.1 Å². The zero-order valence-electron chi connectivity index (χ0n) is 8.79. The van der Waals surface area contributed by atoms with Crippen LogP contribution in [0.3, 0.4) is 0 Å². The SMILES string of the molecule is Cc1nc(-c2ccccc2)n(CC(=O)O)n1. The standard InChI is InChI=1S/C11H11N3O2/c1-8-12-11(9-5-3-2-4-6-9)14(13-8)7-10(15)16/h2-6H,7H2,1H3,(H,15,16). The summed E-state index contributed by atoms with van der Waals surface area (Å²) in [5, 5.41) is 12.8. The summed E-state index contributed by atoms with van der Waals surface area (Å²) in [6.45, 7) is 1.57. The molecule has 0 amide bonds. The van der Waals surface area contributed by atoms with Gasteiger partial charge in [-0.3, -0.25) is 4.79 Å². The molecular weight excluding hydrogens is 206 g/mol. The topological polar surface area (TPSA) is 68.0 Å². The van der Waals surface area contributed by atoms with Crippen LogP contribution in [0.15, 0.2) is 30.3 Å². The molecule has 5 heteroatoms. The van der Waals surface area contributed by atoms with E-state index in [0.717, 1.165) is 5.56 Å². The van der Waals surface area contributed by atoms with Crippen molar-refractivity contribution in [3.05, 3.63) is 36.2 Å². The first-order valence-electron chi connectivity index (χ1n) is 4.85. The van der Waals surface area contributed by atoms with Crippen molar-refractivity contribution in [3.8, 4) is 11.4 Å². The number of hydrogen-bond donors (Lipinski definition) is 1. The zero-order valence-corrected chi connectivity index (χ0v) is 8.79. The van der Waals surface area contributed by atoms with Gasteiger partial charge in [0.1, 0.15) is 12.4 Å². The van der Waals surface area contributed by atoms with Crippen molar-refractivity contribution in [3.63, 3.8) is 0 Å². The lowest BCUT2D eigenvalue weighted by Gasteiger charge is -2.02. The van der Waals surface area contributed by atoms with Crippen LogP contribution in [0.25, 0.3) is 11.4 Å². The molecule has 1 N–H and O–H groups in total. The molecule has 16 heavy (non-hydrogen) atoms.